The van der Waals surface area contributed by atoms with Gasteiger partial charge in [-0.1, -0.05) is 32.0 Å². The number of para-hydroxylation sites is 1. The largest absolute Gasteiger partial charge is 0.434 e. The van der Waals surface area contributed by atoms with Crippen molar-refractivity contribution in [1.29, 1.82) is 0 Å². The van der Waals surface area contributed by atoms with Gasteiger partial charge in [-0.05, 0) is 17.9 Å². The number of methoxy groups -OCH3 is 1. The van der Waals surface area contributed by atoms with E-state index in [4.69, 9.17) is 4.74 Å². The fraction of sp³-hybridized carbons (Fsp3) is 0.600. The molecule has 0 heterocycles. The predicted molar refractivity (Wildman–Crippen MR) is 75.1 cm³/mol. The minimum atomic E-state index is -2.80. The van der Waals surface area contributed by atoms with Crippen LogP contribution in [0.3, 0.4) is 0 Å². The SMILES string of the molecule is COCCC(C)(C)CNCc1ccccc1OC(F)F. The third kappa shape index (κ3) is 6.30. The molecule has 0 aliphatic heterocycles. The second kappa shape index (κ2) is 8.17. The number of halogens is 2. The van der Waals surface area contributed by atoms with Crippen LogP contribution in [0, 0.1) is 5.41 Å². The van der Waals surface area contributed by atoms with Crippen LogP contribution in [-0.2, 0) is 11.3 Å². The first-order valence-electron chi connectivity index (χ1n) is 6.67. The van der Waals surface area contributed by atoms with Gasteiger partial charge in [0.2, 0.25) is 0 Å². The molecule has 0 unspecified atom stereocenters. The molecule has 3 nitrogen and oxygen atoms in total. The minimum absolute atomic E-state index is 0.0918. The number of benzene rings is 1. The molecule has 1 aromatic carbocycles. The molecule has 5 heteroatoms. The second-order valence-electron chi connectivity index (χ2n) is 5.50. The summed E-state index contributed by atoms with van der Waals surface area (Å²) in [4.78, 5) is 0. The molecule has 0 saturated carbocycles. The van der Waals surface area contributed by atoms with Crippen molar-refractivity contribution in [2.45, 2.75) is 33.4 Å². The minimum Gasteiger partial charge on any atom is -0.434 e. The van der Waals surface area contributed by atoms with Crippen LogP contribution in [0.4, 0.5) is 8.78 Å². The van der Waals surface area contributed by atoms with E-state index in [2.05, 4.69) is 23.9 Å². The van der Waals surface area contributed by atoms with Gasteiger partial charge in [-0.3, -0.25) is 0 Å². The lowest BCUT2D eigenvalue weighted by Crippen LogP contribution is -2.30. The molecule has 0 bridgehead atoms. The van der Waals surface area contributed by atoms with Crippen molar-refractivity contribution in [3.8, 4) is 5.75 Å². The van der Waals surface area contributed by atoms with Gasteiger partial charge in [-0.15, -0.1) is 0 Å². The third-order valence-electron chi connectivity index (χ3n) is 3.09. The van der Waals surface area contributed by atoms with E-state index in [0.717, 1.165) is 18.5 Å². The molecule has 0 amide bonds. The molecule has 0 aliphatic rings. The van der Waals surface area contributed by atoms with Crippen LogP contribution < -0.4 is 10.1 Å². The lowest BCUT2D eigenvalue weighted by molar-refractivity contribution is -0.0505. The fourth-order valence-electron chi connectivity index (χ4n) is 1.86. The normalized spacial score (nSPS) is 11.9. The Bertz CT molecular complexity index is 397. The predicted octanol–water partition coefficient (Wildman–Crippen LogP) is 3.44. The van der Waals surface area contributed by atoms with Crippen LogP contribution in [0.15, 0.2) is 24.3 Å². The summed E-state index contributed by atoms with van der Waals surface area (Å²) >= 11 is 0. The van der Waals surface area contributed by atoms with Gasteiger partial charge in [0.1, 0.15) is 5.75 Å². The van der Waals surface area contributed by atoms with E-state index in [0.29, 0.717) is 13.2 Å². The Morgan fingerprint density at radius 1 is 1.25 bits per heavy atom. The molecule has 20 heavy (non-hydrogen) atoms. The molecule has 0 saturated heterocycles. The van der Waals surface area contributed by atoms with Gasteiger partial charge in [-0.2, -0.15) is 8.78 Å². The quantitative estimate of drug-likeness (QED) is 0.754. The Morgan fingerprint density at radius 3 is 2.60 bits per heavy atom. The van der Waals surface area contributed by atoms with Gasteiger partial charge >= 0.3 is 6.61 Å². The highest BCUT2D eigenvalue weighted by atomic mass is 19.3. The number of rotatable bonds is 9. The van der Waals surface area contributed by atoms with Crippen LogP contribution in [-0.4, -0.2) is 26.9 Å². The summed E-state index contributed by atoms with van der Waals surface area (Å²) in [5.41, 5.74) is 0.824. The molecule has 114 valence electrons. The van der Waals surface area contributed by atoms with Gasteiger partial charge in [0.25, 0.3) is 0 Å². The van der Waals surface area contributed by atoms with Crippen LogP contribution >= 0.6 is 0 Å². The van der Waals surface area contributed by atoms with Crippen molar-refractivity contribution in [3.63, 3.8) is 0 Å². The van der Waals surface area contributed by atoms with Crippen LogP contribution in [0.5, 0.6) is 5.75 Å². The highest BCUT2D eigenvalue weighted by Crippen LogP contribution is 2.22. The van der Waals surface area contributed by atoms with E-state index in [-0.39, 0.29) is 11.2 Å². The second-order valence-corrected chi connectivity index (χ2v) is 5.50. The maximum absolute atomic E-state index is 12.3. The van der Waals surface area contributed by atoms with Crippen molar-refractivity contribution >= 4 is 0 Å². The first-order chi connectivity index (χ1) is 9.44. The van der Waals surface area contributed by atoms with Crippen LogP contribution in [0.25, 0.3) is 0 Å². The molecular formula is C15H23F2NO2. The number of hydrogen-bond donors (Lipinski definition) is 1. The van der Waals surface area contributed by atoms with E-state index in [1.807, 2.05) is 6.07 Å². The van der Waals surface area contributed by atoms with E-state index < -0.39 is 6.61 Å². The monoisotopic (exact) mass is 287 g/mol. The Hall–Kier alpha value is -1.20. The molecule has 0 atom stereocenters. The maximum atomic E-state index is 12.3. The van der Waals surface area contributed by atoms with Crippen molar-refractivity contribution in [2.75, 3.05) is 20.3 Å². The van der Waals surface area contributed by atoms with Gasteiger partial charge in [0.05, 0.1) is 0 Å². The first kappa shape index (κ1) is 16.9. The Kier molecular flexibility index (Phi) is 6.88. The van der Waals surface area contributed by atoms with Crippen molar-refractivity contribution in [3.05, 3.63) is 29.8 Å². The van der Waals surface area contributed by atoms with Crippen LogP contribution in [0.1, 0.15) is 25.8 Å². The summed E-state index contributed by atoms with van der Waals surface area (Å²) in [7, 11) is 1.68. The highest BCUT2D eigenvalue weighted by Gasteiger charge is 2.17. The zero-order valence-electron chi connectivity index (χ0n) is 12.3. The number of nitrogens with one attached hydrogen (secondary N) is 1. The zero-order chi connectivity index (χ0) is 15.0. The summed E-state index contributed by atoms with van der Waals surface area (Å²) in [6.45, 7) is 3.47. The fourth-order valence-corrected chi connectivity index (χ4v) is 1.86. The van der Waals surface area contributed by atoms with Crippen molar-refractivity contribution < 1.29 is 18.3 Å². The molecule has 0 fully saturated rings. The molecule has 0 radical (unpaired) electrons. The third-order valence-corrected chi connectivity index (χ3v) is 3.09. The van der Waals surface area contributed by atoms with E-state index >= 15 is 0 Å². The molecular weight excluding hydrogens is 264 g/mol. The van der Waals surface area contributed by atoms with Gasteiger partial charge in [0, 0.05) is 32.4 Å². The zero-order valence-corrected chi connectivity index (χ0v) is 12.3. The van der Waals surface area contributed by atoms with Gasteiger partial charge < -0.3 is 14.8 Å². The first-order valence-corrected chi connectivity index (χ1v) is 6.67. The highest BCUT2D eigenvalue weighted by molar-refractivity contribution is 5.33. The van der Waals surface area contributed by atoms with E-state index in [9.17, 15) is 8.78 Å². The standard InChI is InChI=1S/C15H23F2NO2/c1-15(2,8-9-19-3)11-18-10-12-6-4-5-7-13(12)20-14(16)17/h4-7,14,18H,8-11H2,1-3H3. The van der Waals surface area contributed by atoms with E-state index in [1.54, 1.807) is 25.3 Å². The molecule has 1 rings (SSSR count). The van der Waals surface area contributed by atoms with Gasteiger partial charge in [-0.25, -0.2) is 0 Å². The maximum Gasteiger partial charge on any atom is 0.387 e. The summed E-state index contributed by atoms with van der Waals surface area (Å²) in [5, 5.41) is 3.28. The Labute approximate surface area is 119 Å². The van der Waals surface area contributed by atoms with Crippen molar-refractivity contribution in [1.82, 2.24) is 5.32 Å². The average molecular weight is 287 g/mol. The molecule has 0 aromatic heterocycles. The average Bonchev–Trinajstić information content (AvgIpc) is 2.38. The summed E-state index contributed by atoms with van der Waals surface area (Å²) in [6, 6.07) is 6.83. The molecule has 0 spiro atoms. The number of ether oxygens (including phenoxy) is 2. The smallest absolute Gasteiger partial charge is 0.387 e. The lowest BCUT2D eigenvalue weighted by atomic mass is 9.89. The summed E-state index contributed by atoms with van der Waals surface area (Å²) in [6.07, 6.45) is 0.936. The van der Waals surface area contributed by atoms with E-state index in [1.165, 1.54) is 0 Å². The Morgan fingerprint density at radius 2 is 1.95 bits per heavy atom. The molecule has 1 aromatic rings. The molecule has 0 aliphatic carbocycles. The number of hydrogen-bond acceptors (Lipinski definition) is 3. The topological polar surface area (TPSA) is 30.5 Å². The lowest BCUT2D eigenvalue weighted by Gasteiger charge is -2.25. The van der Waals surface area contributed by atoms with Crippen molar-refractivity contribution in [2.24, 2.45) is 5.41 Å². The number of alkyl halides is 2. The van der Waals surface area contributed by atoms with Gasteiger partial charge in [0.15, 0.2) is 0 Å². The summed E-state index contributed by atoms with van der Waals surface area (Å²) in [5.74, 6) is 0.227. The summed E-state index contributed by atoms with van der Waals surface area (Å²) < 4.78 is 34.2. The molecule has 1 N–H and O–H groups in total. The van der Waals surface area contributed by atoms with Crippen LogP contribution in [0.2, 0.25) is 0 Å². The Balaban J connectivity index is 2.49.